The minimum atomic E-state index is -0.749. The van der Waals surface area contributed by atoms with Crippen LogP contribution < -0.4 is 16.4 Å². The fraction of sp³-hybridized carbons (Fsp3) is 0.161. The normalized spacial score (nSPS) is 12.6. The van der Waals surface area contributed by atoms with Gasteiger partial charge >= 0.3 is 0 Å². The predicted octanol–water partition coefficient (Wildman–Crippen LogP) is 4.76. The Morgan fingerprint density at radius 1 is 1.00 bits per heavy atom. The van der Waals surface area contributed by atoms with E-state index in [1.807, 2.05) is 0 Å². The van der Waals surface area contributed by atoms with Crippen LogP contribution in [0.2, 0.25) is 5.02 Å². The number of nitrogens with two attached hydrogens (primary N) is 1. The van der Waals surface area contributed by atoms with Crippen molar-refractivity contribution in [3.63, 3.8) is 0 Å². The van der Waals surface area contributed by atoms with Gasteiger partial charge in [-0.3, -0.25) is 19.1 Å². The highest BCUT2D eigenvalue weighted by molar-refractivity contribution is 6.33. The molecule has 4 N–H and O–H groups in total. The van der Waals surface area contributed by atoms with E-state index < -0.39 is 17.6 Å². The molecule has 11 nitrogen and oxygen atoms in total. The number of hydrogen-bond donors (Lipinski definition) is 3. The Morgan fingerprint density at radius 2 is 1.75 bits per heavy atom. The standard InChI is InChI=1S/C31H26ClFN8O3/c32-24-6-2-1-4-21(24)22-5-3-7-25(29(22)33)38-27(42)15-40(20-9-10-20)28(43)16-41-26-11-8-18(37-19-13-35-17-36-14-19)12-23(26)30(39-41)31(34)44/h1-8,11-14,17,20,37H,9-10,15-16H2,(H2,34,44)(H,38,42). The van der Waals surface area contributed by atoms with Crippen LogP contribution in [0, 0.1) is 5.82 Å². The van der Waals surface area contributed by atoms with Gasteiger partial charge in [-0.05, 0) is 43.2 Å². The zero-order valence-corrected chi connectivity index (χ0v) is 24.0. The number of primary amides is 1. The van der Waals surface area contributed by atoms with Gasteiger partial charge in [-0.2, -0.15) is 5.10 Å². The number of fused-ring (bicyclic) bond motifs is 1. The third-order valence-electron chi connectivity index (χ3n) is 7.18. The number of nitrogens with one attached hydrogen (secondary N) is 2. The van der Waals surface area contributed by atoms with E-state index in [2.05, 4.69) is 25.7 Å². The summed E-state index contributed by atoms with van der Waals surface area (Å²) in [6.45, 7) is -0.516. The molecule has 2 aromatic heterocycles. The molecule has 0 radical (unpaired) electrons. The van der Waals surface area contributed by atoms with Gasteiger partial charge in [0.25, 0.3) is 5.91 Å². The van der Waals surface area contributed by atoms with Crippen LogP contribution >= 0.6 is 11.6 Å². The summed E-state index contributed by atoms with van der Waals surface area (Å²) in [5.74, 6) is -2.31. The van der Waals surface area contributed by atoms with Crippen LogP contribution in [-0.4, -0.2) is 55.0 Å². The first kappa shape index (κ1) is 28.7. The van der Waals surface area contributed by atoms with Gasteiger partial charge in [0, 0.05) is 33.3 Å². The van der Waals surface area contributed by atoms with E-state index in [9.17, 15) is 14.4 Å². The van der Waals surface area contributed by atoms with Crippen molar-refractivity contribution in [2.45, 2.75) is 25.4 Å². The fourth-order valence-electron chi connectivity index (χ4n) is 4.98. The lowest BCUT2D eigenvalue weighted by molar-refractivity contribution is -0.135. The molecule has 0 atom stereocenters. The number of nitrogens with zero attached hydrogens (tertiary/aromatic N) is 5. The van der Waals surface area contributed by atoms with Gasteiger partial charge in [-0.1, -0.05) is 41.9 Å². The molecule has 0 unspecified atom stereocenters. The van der Waals surface area contributed by atoms with E-state index in [0.717, 1.165) is 12.8 Å². The molecule has 0 bridgehead atoms. The number of amides is 3. The van der Waals surface area contributed by atoms with Crippen molar-refractivity contribution in [2.24, 2.45) is 5.73 Å². The molecule has 5 aromatic rings. The van der Waals surface area contributed by atoms with Crippen molar-refractivity contribution in [2.75, 3.05) is 17.2 Å². The molecule has 1 aliphatic rings. The van der Waals surface area contributed by atoms with Crippen molar-refractivity contribution >= 4 is 57.3 Å². The summed E-state index contributed by atoms with van der Waals surface area (Å²) < 4.78 is 16.8. The Hall–Kier alpha value is -5.36. The number of aromatic nitrogens is 4. The molecule has 3 aromatic carbocycles. The molecule has 1 fully saturated rings. The van der Waals surface area contributed by atoms with Crippen molar-refractivity contribution in [1.29, 1.82) is 0 Å². The summed E-state index contributed by atoms with van der Waals surface area (Å²) in [5.41, 5.74) is 8.13. The Balaban J connectivity index is 1.19. The highest BCUT2D eigenvalue weighted by Gasteiger charge is 2.34. The van der Waals surface area contributed by atoms with Gasteiger partial charge in [-0.25, -0.2) is 14.4 Å². The van der Waals surface area contributed by atoms with Crippen molar-refractivity contribution in [3.05, 3.63) is 95.9 Å². The maximum atomic E-state index is 15.4. The lowest BCUT2D eigenvalue weighted by atomic mass is 10.0. The van der Waals surface area contributed by atoms with E-state index in [0.29, 0.717) is 32.9 Å². The molecule has 0 spiro atoms. The first-order valence-electron chi connectivity index (χ1n) is 13.7. The van der Waals surface area contributed by atoms with Gasteiger partial charge in [0.05, 0.1) is 29.3 Å². The summed E-state index contributed by atoms with van der Waals surface area (Å²) in [5, 5.41) is 10.9. The third-order valence-corrected chi connectivity index (χ3v) is 7.51. The average Bonchev–Trinajstić information content (AvgIpc) is 3.79. The minimum Gasteiger partial charge on any atom is -0.364 e. The monoisotopic (exact) mass is 612 g/mol. The summed E-state index contributed by atoms with van der Waals surface area (Å²) >= 11 is 6.26. The highest BCUT2D eigenvalue weighted by Crippen LogP contribution is 2.33. The number of hydrogen-bond acceptors (Lipinski definition) is 7. The van der Waals surface area contributed by atoms with Gasteiger partial charge in [0.2, 0.25) is 11.8 Å². The van der Waals surface area contributed by atoms with Crippen molar-refractivity contribution in [1.82, 2.24) is 24.6 Å². The number of rotatable bonds is 10. The second kappa shape index (κ2) is 12.1. The lowest BCUT2D eigenvalue weighted by Gasteiger charge is -2.22. The van der Waals surface area contributed by atoms with Gasteiger partial charge < -0.3 is 21.3 Å². The molecular weight excluding hydrogens is 587 g/mol. The first-order valence-corrected chi connectivity index (χ1v) is 14.1. The van der Waals surface area contributed by atoms with Crippen LogP contribution in [0.15, 0.2) is 79.4 Å². The molecular formula is C31H26ClFN8O3. The zero-order valence-electron chi connectivity index (χ0n) is 23.2. The van der Waals surface area contributed by atoms with Crippen LogP contribution in [0.4, 0.5) is 21.5 Å². The van der Waals surface area contributed by atoms with Gasteiger partial charge in [-0.15, -0.1) is 0 Å². The number of carbonyl (C=O) groups is 3. The van der Waals surface area contributed by atoms with Crippen molar-refractivity contribution in [3.8, 4) is 11.1 Å². The Morgan fingerprint density at radius 3 is 2.48 bits per heavy atom. The SMILES string of the molecule is NC(=O)c1nn(CC(=O)N(CC(=O)Nc2cccc(-c3ccccc3Cl)c2F)C2CC2)c2ccc(Nc3cncnc3)cc12. The number of carbonyl (C=O) groups excluding carboxylic acids is 3. The topological polar surface area (TPSA) is 148 Å². The summed E-state index contributed by atoms with van der Waals surface area (Å²) in [6, 6.07) is 16.5. The zero-order chi connectivity index (χ0) is 30.8. The average molecular weight is 613 g/mol. The van der Waals surface area contributed by atoms with Gasteiger partial charge in [0.1, 0.15) is 19.4 Å². The maximum Gasteiger partial charge on any atom is 0.269 e. The lowest BCUT2D eigenvalue weighted by Crippen LogP contribution is -2.41. The second-order valence-electron chi connectivity index (χ2n) is 10.3. The van der Waals surface area contributed by atoms with E-state index in [-0.39, 0.29) is 42.0 Å². The third kappa shape index (κ3) is 6.06. The van der Waals surface area contributed by atoms with E-state index >= 15 is 4.39 Å². The van der Waals surface area contributed by atoms with Gasteiger partial charge in [0.15, 0.2) is 11.5 Å². The Bertz CT molecular complexity index is 1890. The molecule has 3 amide bonds. The summed E-state index contributed by atoms with van der Waals surface area (Å²) in [4.78, 5) is 48.2. The van der Waals surface area contributed by atoms with E-state index in [1.54, 1.807) is 67.0 Å². The molecule has 13 heteroatoms. The quantitative estimate of drug-likeness (QED) is 0.206. The summed E-state index contributed by atoms with van der Waals surface area (Å²) in [7, 11) is 0. The van der Waals surface area contributed by atoms with E-state index in [4.69, 9.17) is 17.3 Å². The Labute approximate surface area is 255 Å². The maximum absolute atomic E-state index is 15.4. The molecule has 2 heterocycles. The minimum absolute atomic E-state index is 0.00496. The molecule has 6 rings (SSSR count). The van der Waals surface area contributed by atoms with Crippen LogP contribution in [0.25, 0.3) is 22.0 Å². The molecule has 1 aliphatic carbocycles. The second-order valence-corrected chi connectivity index (χ2v) is 10.7. The predicted molar refractivity (Wildman–Crippen MR) is 164 cm³/mol. The molecule has 1 saturated carbocycles. The first-order chi connectivity index (χ1) is 21.3. The van der Waals surface area contributed by atoms with E-state index in [1.165, 1.54) is 22.0 Å². The van der Waals surface area contributed by atoms with Crippen LogP contribution in [0.3, 0.4) is 0 Å². The Kier molecular flexibility index (Phi) is 7.90. The molecule has 0 saturated heterocycles. The smallest absolute Gasteiger partial charge is 0.269 e. The molecule has 44 heavy (non-hydrogen) atoms. The fourth-order valence-corrected chi connectivity index (χ4v) is 5.21. The molecule has 0 aliphatic heterocycles. The molecule has 222 valence electrons. The number of halogens is 2. The summed E-state index contributed by atoms with van der Waals surface area (Å²) in [6.07, 6.45) is 6.08. The highest BCUT2D eigenvalue weighted by atomic mass is 35.5. The van der Waals surface area contributed by atoms with Crippen LogP contribution in [0.5, 0.6) is 0 Å². The largest absolute Gasteiger partial charge is 0.364 e. The van der Waals surface area contributed by atoms with Crippen molar-refractivity contribution < 1.29 is 18.8 Å². The van der Waals surface area contributed by atoms with Crippen LogP contribution in [-0.2, 0) is 16.1 Å². The van der Waals surface area contributed by atoms with Crippen LogP contribution in [0.1, 0.15) is 23.3 Å². The number of benzene rings is 3. The number of anilines is 3.